The lowest BCUT2D eigenvalue weighted by Crippen LogP contribution is -2.23. The standard InChI is InChI=1S/C15H25N3/c1-2-15(8-9-15)12-16-11-13-7-10-18(17-13)14-5-3-4-6-14/h7,10,14,16H,2-6,8-9,11-12H2,1H3. The SMILES string of the molecule is CCC1(CNCc2ccn(C3CCCC3)n2)CC1. The molecule has 2 aliphatic rings. The maximum Gasteiger partial charge on any atom is 0.0762 e. The molecule has 3 heteroatoms. The molecule has 100 valence electrons. The summed E-state index contributed by atoms with van der Waals surface area (Å²) in [6, 6.07) is 2.85. The molecule has 2 fully saturated rings. The third-order valence-corrected chi connectivity index (χ3v) is 4.88. The second-order valence-corrected chi connectivity index (χ2v) is 6.18. The molecule has 1 aromatic rings. The largest absolute Gasteiger partial charge is 0.311 e. The molecule has 1 heterocycles. The average Bonchev–Trinajstić information content (AvgIpc) is 2.84. The number of aromatic nitrogens is 2. The van der Waals surface area contributed by atoms with Crippen molar-refractivity contribution >= 4 is 0 Å². The van der Waals surface area contributed by atoms with Crippen molar-refractivity contribution in [2.75, 3.05) is 6.54 Å². The first kappa shape index (κ1) is 12.2. The highest BCUT2D eigenvalue weighted by molar-refractivity contribution is 5.01. The van der Waals surface area contributed by atoms with Gasteiger partial charge >= 0.3 is 0 Å². The van der Waals surface area contributed by atoms with E-state index in [2.05, 4.69) is 29.2 Å². The van der Waals surface area contributed by atoms with Gasteiger partial charge in [-0.15, -0.1) is 0 Å². The van der Waals surface area contributed by atoms with Crippen molar-refractivity contribution in [3.8, 4) is 0 Å². The molecule has 0 aliphatic heterocycles. The maximum absolute atomic E-state index is 4.71. The Balaban J connectivity index is 1.48. The second-order valence-electron chi connectivity index (χ2n) is 6.18. The van der Waals surface area contributed by atoms with Gasteiger partial charge in [-0.3, -0.25) is 4.68 Å². The Labute approximate surface area is 110 Å². The predicted octanol–water partition coefficient (Wildman–Crippen LogP) is 3.28. The Morgan fingerprint density at radius 2 is 2.17 bits per heavy atom. The van der Waals surface area contributed by atoms with Gasteiger partial charge in [-0.05, 0) is 43.6 Å². The van der Waals surface area contributed by atoms with Gasteiger partial charge in [0.05, 0.1) is 11.7 Å². The minimum atomic E-state index is 0.633. The summed E-state index contributed by atoms with van der Waals surface area (Å²) in [6.45, 7) is 4.41. The van der Waals surface area contributed by atoms with Crippen LogP contribution in [0.2, 0.25) is 0 Å². The van der Waals surface area contributed by atoms with Crippen LogP contribution in [0.3, 0.4) is 0 Å². The van der Waals surface area contributed by atoms with Crippen molar-refractivity contribution in [1.82, 2.24) is 15.1 Å². The minimum absolute atomic E-state index is 0.633. The Morgan fingerprint density at radius 1 is 1.39 bits per heavy atom. The van der Waals surface area contributed by atoms with Gasteiger partial charge in [0, 0.05) is 19.3 Å². The zero-order valence-corrected chi connectivity index (χ0v) is 11.5. The van der Waals surface area contributed by atoms with Crippen LogP contribution in [0.4, 0.5) is 0 Å². The van der Waals surface area contributed by atoms with Crippen molar-refractivity contribution in [3.05, 3.63) is 18.0 Å². The molecule has 3 nitrogen and oxygen atoms in total. The summed E-state index contributed by atoms with van der Waals surface area (Å²) in [7, 11) is 0. The van der Waals surface area contributed by atoms with Crippen molar-refractivity contribution in [2.24, 2.45) is 5.41 Å². The number of nitrogens with zero attached hydrogens (tertiary/aromatic N) is 2. The Morgan fingerprint density at radius 3 is 2.83 bits per heavy atom. The molecule has 0 saturated heterocycles. The third kappa shape index (κ3) is 2.61. The molecule has 1 aromatic heterocycles. The van der Waals surface area contributed by atoms with E-state index in [4.69, 9.17) is 5.10 Å². The van der Waals surface area contributed by atoms with Crippen LogP contribution in [0.5, 0.6) is 0 Å². The van der Waals surface area contributed by atoms with Crippen LogP contribution in [0.15, 0.2) is 12.3 Å². The minimum Gasteiger partial charge on any atom is -0.311 e. The summed E-state index contributed by atoms with van der Waals surface area (Å²) >= 11 is 0. The fourth-order valence-electron chi connectivity index (χ4n) is 3.13. The van der Waals surface area contributed by atoms with E-state index in [-0.39, 0.29) is 0 Å². The molecule has 0 atom stereocenters. The molecule has 0 bridgehead atoms. The van der Waals surface area contributed by atoms with Crippen LogP contribution >= 0.6 is 0 Å². The summed E-state index contributed by atoms with van der Waals surface area (Å²) in [6.07, 6.45) is 11.7. The lowest BCUT2D eigenvalue weighted by Gasteiger charge is -2.12. The Kier molecular flexibility index (Phi) is 3.42. The van der Waals surface area contributed by atoms with Gasteiger partial charge in [0.15, 0.2) is 0 Å². The van der Waals surface area contributed by atoms with Crippen LogP contribution < -0.4 is 5.32 Å². The van der Waals surface area contributed by atoms with E-state index < -0.39 is 0 Å². The maximum atomic E-state index is 4.71. The van der Waals surface area contributed by atoms with Crippen molar-refractivity contribution in [1.29, 1.82) is 0 Å². The molecule has 0 aromatic carbocycles. The van der Waals surface area contributed by atoms with Gasteiger partial charge in [0.25, 0.3) is 0 Å². The van der Waals surface area contributed by atoms with Gasteiger partial charge in [-0.2, -0.15) is 5.10 Å². The van der Waals surface area contributed by atoms with Crippen LogP contribution in [0.25, 0.3) is 0 Å². The lowest BCUT2D eigenvalue weighted by atomic mass is 10.0. The fourth-order valence-corrected chi connectivity index (χ4v) is 3.13. The highest BCUT2D eigenvalue weighted by Crippen LogP contribution is 2.47. The van der Waals surface area contributed by atoms with E-state index in [1.54, 1.807) is 0 Å². The van der Waals surface area contributed by atoms with Crippen molar-refractivity contribution in [3.63, 3.8) is 0 Å². The molecule has 0 radical (unpaired) electrons. The quantitative estimate of drug-likeness (QED) is 0.836. The second kappa shape index (κ2) is 5.04. The van der Waals surface area contributed by atoms with Gasteiger partial charge < -0.3 is 5.32 Å². The first-order valence-corrected chi connectivity index (χ1v) is 7.56. The van der Waals surface area contributed by atoms with E-state index in [0.29, 0.717) is 11.5 Å². The number of rotatable bonds is 6. The summed E-state index contributed by atoms with van der Waals surface area (Å²) in [5.41, 5.74) is 1.84. The van der Waals surface area contributed by atoms with Crippen molar-refractivity contribution in [2.45, 2.75) is 64.5 Å². The van der Waals surface area contributed by atoms with Crippen LogP contribution in [0, 0.1) is 5.41 Å². The molecular weight excluding hydrogens is 222 g/mol. The van der Waals surface area contributed by atoms with Crippen molar-refractivity contribution < 1.29 is 0 Å². The average molecular weight is 247 g/mol. The molecule has 0 spiro atoms. The summed E-state index contributed by atoms with van der Waals surface area (Å²) in [4.78, 5) is 0. The van der Waals surface area contributed by atoms with E-state index >= 15 is 0 Å². The smallest absolute Gasteiger partial charge is 0.0762 e. The van der Waals surface area contributed by atoms with Crippen LogP contribution in [-0.2, 0) is 6.54 Å². The third-order valence-electron chi connectivity index (χ3n) is 4.88. The molecule has 0 amide bonds. The molecule has 2 saturated carbocycles. The predicted molar refractivity (Wildman–Crippen MR) is 73.4 cm³/mol. The Bertz CT molecular complexity index is 386. The normalized spacial score (nSPS) is 22.5. The fraction of sp³-hybridized carbons (Fsp3) is 0.800. The van der Waals surface area contributed by atoms with Gasteiger partial charge in [0.1, 0.15) is 0 Å². The molecule has 0 unspecified atom stereocenters. The van der Waals surface area contributed by atoms with Gasteiger partial charge in [0.2, 0.25) is 0 Å². The van der Waals surface area contributed by atoms with Gasteiger partial charge in [-0.1, -0.05) is 19.8 Å². The molecule has 18 heavy (non-hydrogen) atoms. The molecular formula is C15H25N3. The molecule has 3 rings (SSSR count). The summed E-state index contributed by atoms with van der Waals surface area (Å²) < 4.78 is 2.19. The van der Waals surface area contributed by atoms with Gasteiger partial charge in [-0.25, -0.2) is 0 Å². The van der Waals surface area contributed by atoms with E-state index in [1.165, 1.54) is 57.2 Å². The highest BCUT2D eigenvalue weighted by Gasteiger charge is 2.39. The van der Waals surface area contributed by atoms with E-state index in [1.807, 2.05) is 0 Å². The lowest BCUT2D eigenvalue weighted by molar-refractivity contribution is 0.434. The van der Waals surface area contributed by atoms with Crippen LogP contribution in [-0.4, -0.2) is 16.3 Å². The summed E-state index contributed by atoms with van der Waals surface area (Å²) in [5.74, 6) is 0. The zero-order chi connectivity index (χ0) is 12.4. The number of nitrogens with one attached hydrogen (secondary N) is 1. The topological polar surface area (TPSA) is 29.9 Å². The van der Waals surface area contributed by atoms with Crippen LogP contribution in [0.1, 0.15) is 63.6 Å². The first-order chi connectivity index (χ1) is 8.81. The Hall–Kier alpha value is -0.830. The molecule has 2 aliphatic carbocycles. The summed E-state index contributed by atoms with van der Waals surface area (Å²) in [5, 5.41) is 8.30. The van der Waals surface area contributed by atoms with E-state index in [0.717, 1.165) is 6.54 Å². The number of hydrogen-bond acceptors (Lipinski definition) is 2. The highest BCUT2D eigenvalue weighted by atomic mass is 15.3. The number of hydrogen-bond donors (Lipinski definition) is 1. The molecule has 1 N–H and O–H groups in total. The monoisotopic (exact) mass is 247 g/mol. The first-order valence-electron chi connectivity index (χ1n) is 7.56. The zero-order valence-electron chi connectivity index (χ0n) is 11.5. The van der Waals surface area contributed by atoms with E-state index in [9.17, 15) is 0 Å².